The molecule has 1 aliphatic carbocycles. The molecule has 6 aromatic carbocycles. The van der Waals surface area contributed by atoms with Crippen LogP contribution in [0.15, 0.2) is 147 Å². The lowest BCUT2D eigenvalue weighted by Crippen LogP contribution is -2.20. The first-order chi connectivity index (χ1) is 25.0. The number of carbonyl (C=O) groups excluding carboxylic acids is 3. The molecule has 2 heterocycles. The van der Waals surface area contributed by atoms with E-state index in [-0.39, 0.29) is 17.3 Å². The summed E-state index contributed by atoms with van der Waals surface area (Å²) in [5, 5.41) is 0. The van der Waals surface area contributed by atoms with Gasteiger partial charge in [0.05, 0.1) is 0 Å². The fourth-order valence-corrected chi connectivity index (χ4v) is 9.47. The van der Waals surface area contributed by atoms with Crippen molar-refractivity contribution in [2.45, 2.75) is 65.0 Å². The Morgan fingerprint density at radius 3 is 1.59 bits per heavy atom. The van der Waals surface area contributed by atoms with Crippen molar-refractivity contribution in [2.75, 3.05) is 0 Å². The van der Waals surface area contributed by atoms with Gasteiger partial charge in [0.25, 0.3) is 0 Å². The van der Waals surface area contributed by atoms with Crippen molar-refractivity contribution in [3.8, 4) is 0 Å². The number of benzene rings is 6. The average molecular weight is 701 g/mol. The van der Waals surface area contributed by atoms with Crippen LogP contribution in [-0.4, -0.2) is 17.3 Å². The Bertz CT molecular complexity index is 2250. The summed E-state index contributed by atoms with van der Waals surface area (Å²) in [6.07, 6.45) is 6.07. The highest BCUT2D eigenvalue weighted by Gasteiger charge is 2.29. The van der Waals surface area contributed by atoms with Crippen LogP contribution in [0.1, 0.15) is 102 Å². The largest absolute Gasteiger partial charge is 0.289 e. The fourth-order valence-electron chi connectivity index (χ4n) is 7.26. The van der Waals surface area contributed by atoms with Gasteiger partial charge in [0, 0.05) is 65.8 Å². The zero-order valence-corrected chi connectivity index (χ0v) is 30.0. The second-order valence-corrected chi connectivity index (χ2v) is 15.4. The van der Waals surface area contributed by atoms with Crippen molar-refractivity contribution in [1.82, 2.24) is 0 Å². The van der Waals surface area contributed by atoms with Crippen molar-refractivity contribution in [3.05, 3.63) is 189 Å². The standard InChI is InChI=1S/C27H18OS2.C19H18O2/c28-27(19-9-5-13-25-21(19)15-17-7-1-3-11-23(17)29-25)20-10-6-14-26-22(20)16-18-8-2-4-12-24(18)30-26;1-2-3-4-7-13-10-11-16-17(12-13)19(21)15-9-6-5-8-14(15)18(16)20/h1-14H,15-16H2;5-6,8-12H,2-4,7H2,1H3. The number of aryl methyl sites for hydroxylation is 1. The number of rotatable bonds is 6. The van der Waals surface area contributed by atoms with E-state index >= 15 is 0 Å². The maximum Gasteiger partial charge on any atom is 0.194 e. The Morgan fingerprint density at radius 2 is 1.02 bits per heavy atom. The highest BCUT2D eigenvalue weighted by atomic mass is 32.2. The molecule has 0 aromatic heterocycles. The Labute approximate surface area is 307 Å². The molecule has 0 spiro atoms. The lowest BCUT2D eigenvalue weighted by molar-refractivity contribution is 0.0979. The Balaban J connectivity index is 0.000000157. The van der Waals surface area contributed by atoms with Gasteiger partial charge in [-0.2, -0.15) is 0 Å². The first kappa shape index (κ1) is 33.2. The van der Waals surface area contributed by atoms with Gasteiger partial charge < -0.3 is 0 Å². The molecule has 2 aliphatic heterocycles. The van der Waals surface area contributed by atoms with Gasteiger partial charge in [0.15, 0.2) is 17.3 Å². The molecule has 0 fully saturated rings. The topological polar surface area (TPSA) is 51.2 Å². The van der Waals surface area contributed by atoms with Gasteiger partial charge in [-0.25, -0.2) is 0 Å². The van der Waals surface area contributed by atoms with Gasteiger partial charge in [-0.05, 0) is 71.0 Å². The summed E-state index contributed by atoms with van der Waals surface area (Å²) < 4.78 is 0. The van der Waals surface area contributed by atoms with Crippen LogP contribution >= 0.6 is 23.5 Å². The Kier molecular flexibility index (Phi) is 9.33. The highest BCUT2D eigenvalue weighted by molar-refractivity contribution is 7.99. The molecule has 0 radical (unpaired) electrons. The molecule has 9 rings (SSSR count). The van der Waals surface area contributed by atoms with Crippen LogP contribution < -0.4 is 0 Å². The van der Waals surface area contributed by atoms with Crippen molar-refractivity contribution in [2.24, 2.45) is 0 Å². The van der Waals surface area contributed by atoms with E-state index < -0.39 is 0 Å². The first-order valence-corrected chi connectivity index (χ1v) is 19.2. The zero-order valence-electron chi connectivity index (χ0n) is 28.4. The Hall–Kier alpha value is -4.97. The minimum absolute atomic E-state index is 0.0301. The summed E-state index contributed by atoms with van der Waals surface area (Å²) in [5.41, 5.74) is 9.89. The molecule has 250 valence electrons. The molecule has 0 unspecified atom stereocenters. The summed E-state index contributed by atoms with van der Waals surface area (Å²) in [6.45, 7) is 2.17. The van der Waals surface area contributed by atoms with Gasteiger partial charge in [0.1, 0.15) is 0 Å². The van der Waals surface area contributed by atoms with E-state index in [2.05, 4.69) is 67.6 Å². The van der Waals surface area contributed by atoms with Crippen LogP contribution in [0.25, 0.3) is 0 Å². The summed E-state index contributed by atoms with van der Waals surface area (Å²) in [4.78, 5) is 43.8. The van der Waals surface area contributed by atoms with Crippen LogP contribution in [0.5, 0.6) is 0 Å². The fraction of sp³-hybridized carbons (Fsp3) is 0.152. The summed E-state index contributed by atoms with van der Waals surface area (Å²) in [7, 11) is 0. The first-order valence-electron chi connectivity index (χ1n) is 17.6. The monoisotopic (exact) mass is 700 g/mol. The quantitative estimate of drug-likeness (QED) is 0.128. The van der Waals surface area contributed by atoms with Crippen molar-refractivity contribution < 1.29 is 14.4 Å². The molecule has 51 heavy (non-hydrogen) atoms. The third kappa shape index (κ3) is 6.41. The van der Waals surface area contributed by atoms with E-state index in [1.54, 1.807) is 47.8 Å². The van der Waals surface area contributed by atoms with E-state index in [4.69, 9.17) is 0 Å². The number of hydrogen-bond donors (Lipinski definition) is 0. The third-order valence-electron chi connectivity index (χ3n) is 9.93. The number of unbranched alkanes of at least 4 members (excludes halogenated alkanes) is 2. The predicted molar refractivity (Wildman–Crippen MR) is 206 cm³/mol. The summed E-state index contributed by atoms with van der Waals surface area (Å²) >= 11 is 3.54. The van der Waals surface area contributed by atoms with Gasteiger partial charge >= 0.3 is 0 Å². The van der Waals surface area contributed by atoms with Crippen LogP contribution in [0, 0.1) is 0 Å². The normalized spacial score (nSPS) is 13.4. The van der Waals surface area contributed by atoms with Crippen LogP contribution in [-0.2, 0) is 19.3 Å². The molecule has 3 aliphatic rings. The second kappa shape index (κ2) is 14.3. The molecule has 0 bridgehead atoms. The minimum Gasteiger partial charge on any atom is -0.289 e. The van der Waals surface area contributed by atoms with Gasteiger partial charge in [0.2, 0.25) is 0 Å². The molecule has 6 aromatic rings. The smallest absolute Gasteiger partial charge is 0.194 e. The second-order valence-electron chi connectivity index (χ2n) is 13.2. The SMILES string of the molecule is CCCCCc1ccc2c(c1)C(=O)c1ccccc1C2=O.O=C(c1cccc2c1Cc1ccccc1S2)c1cccc2c1Cc1ccccc1S2. The lowest BCUT2D eigenvalue weighted by atomic mass is 9.83. The zero-order chi connectivity index (χ0) is 34.9. The van der Waals surface area contributed by atoms with E-state index in [1.165, 1.54) is 43.6 Å². The van der Waals surface area contributed by atoms with Crippen LogP contribution in [0.4, 0.5) is 0 Å². The minimum atomic E-state index is -0.0414. The van der Waals surface area contributed by atoms with E-state index in [9.17, 15) is 14.4 Å². The number of hydrogen-bond acceptors (Lipinski definition) is 5. The number of ketones is 3. The molecule has 0 saturated carbocycles. The van der Waals surface area contributed by atoms with Crippen molar-refractivity contribution >= 4 is 40.9 Å². The van der Waals surface area contributed by atoms with Crippen LogP contribution in [0.2, 0.25) is 0 Å². The van der Waals surface area contributed by atoms with Crippen molar-refractivity contribution in [1.29, 1.82) is 0 Å². The summed E-state index contributed by atoms with van der Waals surface area (Å²) in [5.74, 6) is 0.0708. The maximum atomic E-state index is 13.8. The Morgan fingerprint density at radius 1 is 0.529 bits per heavy atom. The average Bonchev–Trinajstić information content (AvgIpc) is 3.18. The van der Waals surface area contributed by atoms with E-state index in [0.717, 1.165) is 53.5 Å². The molecule has 5 heteroatoms. The predicted octanol–water partition coefficient (Wildman–Crippen LogP) is 11.2. The highest BCUT2D eigenvalue weighted by Crippen LogP contribution is 2.43. The molecule has 0 amide bonds. The molecule has 0 atom stereocenters. The van der Waals surface area contributed by atoms with Crippen molar-refractivity contribution in [3.63, 3.8) is 0 Å². The lowest BCUT2D eigenvalue weighted by Gasteiger charge is -2.23. The van der Waals surface area contributed by atoms with E-state index in [1.807, 2.05) is 42.5 Å². The maximum absolute atomic E-state index is 13.8. The molecular weight excluding hydrogens is 665 g/mol. The van der Waals surface area contributed by atoms with E-state index in [0.29, 0.717) is 22.3 Å². The summed E-state index contributed by atoms with van der Waals surface area (Å²) in [6, 6.07) is 42.1. The number of fused-ring (bicyclic) bond motifs is 6. The van der Waals surface area contributed by atoms with Crippen LogP contribution in [0.3, 0.4) is 0 Å². The van der Waals surface area contributed by atoms with Gasteiger partial charge in [-0.15, -0.1) is 0 Å². The molecular formula is C46H36O3S2. The molecule has 0 saturated heterocycles. The van der Waals surface area contributed by atoms with Gasteiger partial charge in [-0.3, -0.25) is 14.4 Å². The van der Waals surface area contributed by atoms with Gasteiger partial charge in [-0.1, -0.05) is 140 Å². The number of carbonyl (C=O) groups is 3. The molecule has 3 nitrogen and oxygen atoms in total. The third-order valence-corrected chi connectivity index (χ3v) is 12.4. The molecule has 0 N–H and O–H groups in total.